The Balaban J connectivity index is 1.12. The minimum Gasteiger partial charge on any atom is -0.0616 e. The molecule has 0 fully saturated rings. The van der Waals surface area contributed by atoms with Gasteiger partial charge in [-0.05, 0) is 122 Å². The summed E-state index contributed by atoms with van der Waals surface area (Å²) in [5.41, 5.74) is 15.2. The van der Waals surface area contributed by atoms with Crippen molar-refractivity contribution in [2.45, 2.75) is 0 Å². The highest BCUT2D eigenvalue weighted by Gasteiger charge is 2.23. The lowest BCUT2D eigenvalue weighted by Gasteiger charge is -2.19. The maximum absolute atomic E-state index is 2.45. The zero-order valence-electron chi connectivity index (χ0n) is 28.5. The van der Waals surface area contributed by atoms with Crippen LogP contribution in [0.2, 0.25) is 0 Å². The summed E-state index contributed by atoms with van der Waals surface area (Å²) in [6, 6.07) is 71.9. The average molecular weight is 657 g/mol. The van der Waals surface area contributed by atoms with E-state index in [1.54, 1.807) is 0 Å². The lowest BCUT2D eigenvalue weighted by molar-refractivity contribution is 1.60. The summed E-state index contributed by atoms with van der Waals surface area (Å²) in [7, 11) is 0. The van der Waals surface area contributed by atoms with Crippen LogP contribution < -0.4 is 0 Å². The highest BCUT2D eigenvalue weighted by atomic mass is 14.3. The van der Waals surface area contributed by atoms with Crippen LogP contribution >= 0.6 is 0 Å². The third-order valence-corrected chi connectivity index (χ3v) is 11.2. The third kappa shape index (κ3) is 4.35. The molecule has 0 aliphatic heterocycles. The molecule has 0 spiro atoms. The summed E-state index contributed by atoms with van der Waals surface area (Å²) in [4.78, 5) is 0. The van der Waals surface area contributed by atoms with E-state index in [0.29, 0.717) is 0 Å². The Labute approximate surface area is 302 Å². The molecule has 0 nitrogen and oxygen atoms in total. The number of benzene rings is 10. The first-order valence-corrected chi connectivity index (χ1v) is 18.1. The van der Waals surface area contributed by atoms with Gasteiger partial charge in [0.1, 0.15) is 0 Å². The second-order valence-corrected chi connectivity index (χ2v) is 14.0. The fourth-order valence-corrected chi connectivity index (χ4v) is 8.85. The maximum atomic E-state index is 2.45. The van der Waals surface area contributed by atoms with E-state index >= 15 is 0 Å². The molecule has 1 aliphatic rings. The van der Waals surface area contributed by atoms with Crippen molar-refractivity contribution in [1.82, 2.24) is 0 Å². The summed E-state index contributed by atoms with van der Waals surface area (Å²) in [6.45, 7) is 0. The molecule has 0 radical (unpaired) electrons. The van der Waals surface area contributed by atoms with Crippen molar-refractivity contribution in [2.75, 3.05) is 0 Å². The molecule has 10 aromatic carbocycles. The summed E-state index contributed by atoms with van der Waals surface area (Å²) in [5, 5.41) is 10.2. The van der Waals surface area contributed by atoms with Crippen LogP contribution in [0.3, 0.4) is 0 Å². The quantitative estimate of drug-likeness (QED) is 0.166. The van der Waals surface area contributed by atoms with E-state index in [-0.39, 0.29) is 0 Å². The molecule has 0 aromatic heterocycles. The topological polar surface area (TPSA) is 0 Å². The Hall–Kier alpha value is -6.76. The molecule has 0 saturated carbocycles. The first-order valence-electron chi connectivity index (χ1n) is 18.1. The van der Waals surface area contributed by atoms with Crippen LogP contribution in [0.5, 0.6) is 0 Å². The summed E-state index contributed by atoms with van der Waals surface area (Å²) in [6.07, 6.45) is 0. The Morgan fingerprint density at radius 1 is 0.212 bits per heavy atom. The third-order valence-electron chi connectivity index (χ3n) is 11.2. The van der Waals surface area contributed by atoms with Crippen molar-refractivity contribution in [3.8, 4) is 66.8 Å². The van der Waals surface area contributed by atoms with Crippen molar-refractivity contribution < 1.29 is 0 Å². The van der Waals surface area contributed by atoms with Crippen molar-refractivity contribution in [3.05, 3.63) is 194 Å². The molecule has 0 atom stereocenters. The zero-order valence-corrected chi connectivity index (χ0v) is 28.5. The fraction of sp³-hybridized carbons (Fsp3) is 0. The van der Waals surface area contributed by atoms with Gasteiger partial charge in [-0.3, -0.25) is 0 Å². The van der Waals surface area contributed by atoms with Crippen LogP contribution in [0, 0.1) is 0 Å². The average Bonchev–Trinajstić information content (AvgIpc) is 3.33. The largest absolute Gasteiger partial charge is 0.0616 e. The van der Waals surface area contributed by atoms with Crippen LogP contribution in [0.15, 0.2) is 194 Å². The minimum absolute atomic E-state index is 1.22. The smallest absolute Gasteiger partial charge is 0.00261 e. The molecule has 0 bridgehead atoms. The molecular formula is C52H32. The van der Waals surface area contributed by atoms with Crippen LogP contribution in [0.25, 0.3) is 110 Å². The molecule has 0 N–H and O–H groups in total. The van der Waals surface area contributed by atoms with Gasteiger partial charge in [0, 0.05) is 0 Å². The molecule has 0 heterocycles. The summed E-state index contributed by atoms with van der Waals surface area (Å²) >= 11 is 0. The molecule has 0 unspecified atom stereocenters. The SMILES string of the molecule is c1ccc2c(c1)-c1cc(-c3c4ccccc4c(-c4ccc(-c5ccc6ccccc6c5)cc4)c4ccccc34)ccc1-c1cccc3cccc-2c13. The predicted octanol–water partition coefficient (Wildman–Crippen LogP) is 14.6. The van der Waals surface area contributed by atoms with E-state index in [1.807, 2.05) is 0 Å². The van der Waals surface area contributed by atoms with E-state index in [0.717, 1.165) is 0 Å². The molecule has 0 heteroatoms. The van der Waals surface area contributed by atoms with Gasteiger partial charge in [0.05, 0.1) is 0 Å². The monoisotopic (exact) mass is 656 g/mol. The molecule has 52 heavy (non-hydrogen) atoms. The van der Waals surface area contributed by atoms with Crippen molar-refractivity contribution >= 4 is 43.1 Å². The normalized spacial score (nSPS) is 11.8. The number of hydrogen-bond acceptors (Lipinski definition) is 0. The molecule has 0 amide bonds. The van der Waals surface area contributed by atoms with Crippen LogP contribution in [-0.2, 0) is 0 Å². The van der Waals surface area contributed by atoms with Gasteiger partial charge in [-0.2, -0.15) is 0 Å². The van der Waals surface area contributed by atoms with Gasteiger partial charge in [-0.1, -0.05) is 182 Å². The first kappa shape index (κ1) is 29.0. The van der Waals surface area contributed by atoms with Crippen molar-refractivity contribution in [3.63, 3.8) is 0 Å². The standard InChI is InChI=1S/C52H32/c1-2-12-37-31-38(28-25-33(37)11-1)34-23-26-36(27-24-34)51-45-17-5-7-19-47(45)52(48-20-8-6-18-46(48)51)39-29-30-42-44-22-10-14-35-13-9-21-43(50(35)44)40-15-3-4-16-41(40)49(42)32-39/h1-32H. The van der Waals surface area contributed by atoms with Crippen LogP contribution in [-0.4, -0.2) is 0 Å². The predicted molar refractivity (Wildman–Crippen MR) is 223 cm³/mol. The van der Waals surface area contributed by atoms with Gasteiger partial charge < -0.3 is 0 Å². The molecule has 240 valence electrons. The zero-order chi connectivity index (χ0) is 34.2. The Morgan fingerprint density at radius 2 is 0.654 bits per heavy atom. The van der Waals surface area contributed by atoms with E-state index in [9.17, 15) is 0 Å². The van der Waals surface area contributed by atoms with Gasteiger partial charge in [0.25, 0.3) is 0 Å². The Kier molecular flexibility index (Phi) is 6.35. The fourth-order valence-electron chi connectivity index (χ4n) is 8.85. The highest BCUT2D eigenvalue weighted by molar-refractivity contribution is 6.22. The number of hydrogen-bond donors (Lipinski definition) is 0. The summed E-state index contributed by atoms with van der Waals surface area (Å²) in [5.74, 6) is 0. The van der Waals surface area contributed by atoms with Gasteiger partial charge >= 0.3 is 0 Å². The lowest BCUT2D eigenvalue weighted by atomic mass is 9.84. The van der Waals surface area contributed by atoms with E-state index in [2.05, 4.69) is 194 Å². The van der Waals surface area contributed by atoms with Gasteiger partial charge in [-0.25, -0.2) is 0 Å². The van der Waals surface area contributed by atoms with E-state index < -0.39 is 0 Å². The summed E-state index contributed by atoms with van der Waals surface area (Å²) < 4.78 is 0. The first-order chi connectivity index (χ1) is 25.8. The lowest BCUT2D eigenvalue weighted by Crippen LogP contribution is -1.92. The Bertz CT molecular complexity index is 2990. The van der Waals surface area contributed by atoms with Crippen molar-refractivity contribution in [1.29, 1.82) is 0 Å². The van der Waals surface area contributed by atoms with E-state index in [1.165, 1.54) is 110 Å². The highest BCUT2D eigenvalue weighted by Crippen LogP contribution is 2.50. The van der Waals surface area contributed by atoms with Crippen molar-refractivity contribution in [2.24, 2.45) is 0 Å². The van der Waals surface area contributed by atoms with Gasteiger partial charge in [-0.15, -0.1) is 0 Å². The van der Waals surface area contributed by atoms with Crippen LogP contribution in [0.1, 0.15) is 0 Å². The second kappa shape index (κ2) is 11.4. The maximum Gasteiger partial charge on any atom is -0.00261 e. The van der Waals surface area contributed by atoms with E-state index in [4.69, 9.17) is 0 Å². The van der Waals surface area contributed by atoms with Gasteiger partial charge in [0.2, 0.25) is 0 Å². The second-order valence-electron chi connectivity index (χ2n) is 14.0. The number of fused-ring (bicyclic) bond motifs is 8. The molecule has 1 aliphatic carbocycles. The molecule has 0 saturated heterocycles. The molecule has 11 rings (SSSR count). The minimum atomic E-state index is 1.22. The number of rotatable bonds is 3. The molecule has 10 aromatic rings. The van der Waals surface area contributed by atoms with Gasteiger partial charge in [0.15, 0.2) is 0 Å². The molecular weight excluding hydrogens is 625 g/mol. The van der Waals surface area contributed by atoms with Crippen LogP contribution in [0.4, 0.5) is 0 Å². The Morgan fingerprint density at radius 3 is 1.31 bits per heavy atom.